The summed E-state index contributed by atoms with van der Waals surface area (Å²) in [5.74, 6) is -0.635. The fourth-order valence-electron chi connectivity index (χ4n) is 3.83. The number of carbonyl (C=O) groups excluding carboxylic acids is 1. The Morgan fingerprint density at radius 1 is 1.38 bits per heavy atom. The van der Waals surface area contributed by atoms with Crippen LogP contribution in [0, 0.1) is 23.6 Å². The molecule has 0 bridgehead atoms. The van der Waals surface area contributed by atoms with Crippen molar-refractivity contribution in [1.29, 1.82) is 0 Å². The normalized spacial score (nSPS) is 28.6. The van der Waals surface area contributed by atoms with Crippen molar-refractivity contribution in [1.82, 2.24) is 5.32 Å². The predicted molar refractivity (Wildman–Crippen MR) is 90.7 cm³/mol. The lowest BCUT2D eigenvalue weighted by atomic mass is 9.66. The number of benzene rings is 1. The number of amides is 1. The van der Waals surface area contributed by atoms with Gasteiger partial charge >= 0.3 is 0 Å². The highest BCUT2D eigenvalue weighted by molar-refractivity contribution is 5.85. The molecule has 0 heterocycles. The van der Waals surface area contributed by atoms with Gasteiger partial charge in [-0.1, -0.05) is 45.4 Å². The maximum atomic E-state index is 13.7. The van der Waals surface area contributed by atoms with Crippen molar-refractivity contribution in [2.75, 3.05) is 6.54 Å². The Balaban J connectivity index is 2.05. The van der Waals surface area contributed by atoms with E-state index in [0.717, 1.165) is 12.8 Å². The molecule has 3 N–H and O–H groups in total. The lowest BCUT2D eigenvalue weighted by Crippen LogP contribution is -2.56. The highest BCUT2D eigenvalue weighted by atomic mass is 19.1. The molecule has 1 aliphatic carbocycles. The minimum atomic E-state index is -1.43. The topological polar surface area (TPSA) is 69.6 Å². The zero-order valence-electron chi connectivity index (χ0n) is 14.6. The highest BCUT2D eigenvalue weighted by Crippen LogP contribution is 2.41. The van der Waals surface area contributed by atoms with Gasteiger partial charge in [0.15, 0.2) is 0 Å². The van der Waals surface area contributed by atoms with Crippen molar-refractivity contribution in [2.45, 2.75) is 51.7 Å². The second-order valence-electron chi connectivity index (χ2n) is 7.41. The Morgan fingerprint density at radius 3 is 2.67 bits per heavy atom. The van der Waals surface area contributed by atoms with Crippen LogP contribution in [0.3, 0.4) is 0 Å². The van der Waals surface area contributed by atoms with Crippen molar-refractivity contribution >= 4 is 5.91 Å². The number of rotatable bonds is 5. The maximum Gasteiger partial charge on any atom is 0.252 e. The van der Waals surface area contributed by atoms with Gasteiger partial charge in [0, 0.05) is 12.1 Å². The molecule has 4 atom stereocenters. The van der Waals surface area contributed by atoms with Crippen molar-refractivity contribution in [3.63, 3.8) is 0 Å². The van der Waals surface area contributed by atoms with E-state index < -0.39 is 23.4 Å². The Hall–Kier alpha value is -1.46. The number of halogens is 1. The van der Waals surface area contributed by atoms with Gasteiger partial charge in [-0.15, -0.1) is 0 Å². The lowest BCUT2D eigenvalue weighted by Gasteiger charge is -2.43. The van der Waals surface area contributed by atoms with Crippen LogP contribution in [0.4, 0.5) is 4.39 Å². The summed E-state index contributed by atoms with van der Waals surface area (Å²) in [5.41, 5.74) is -1.29. The average Bonchev–Trinajstić information content (AvgIpc) is 2.52. The Bertz CT molecular complexity index is 577. The van der Waals surface area contributed by atoms with E-state index >= 15 is 0 Å². The summed E-state index contributed by atoms with van der Waals surface area (Å²) in [4.78, 5) is 12.6. The first-order chi connectivity index (χ1) is 11.3. The summed E-state index contributed by atoms with van der Waals surface area (Å²) in [6.45, 7) is 5.92. The van der Waals surface area contributed by atoms with Crippen molar-refractivity contribution in [3.8, 4) is 0 Å². The van der Waals surface area contributed by atoms with Gasteiger partial charge in [-0.05, 0) is 36.7 Å². The van der Waals surface area contributed by atoms with Crippen LogP contribution in [0.15, 0.2) is 24.3 Å². The van der Waals surface area contributed by atoms with Crippen LogP contribution in [-0.4, -0.2) is 28.3 Å². The molecule has 3 unspecified atom stereocenters. The molecule has 0 aliphatic heterocycles. The quantitative estimate of drug-likeness (QED) is 0.774. The molecule has 2 rings (SSSR count). The standard InChI is InChI=1S/C19H28FNO3/c1-12(2)15-9-8-13(3)10-19(15,24)18(23)21-11-17(22)14-6-4-5-7-16(14)20/h4-7,12-13,15,17,22,24H,8-11H2,1-3H3,(H,21,23)/t13?,15?,17?,19-/m1/s1. The second kappa shape index (κ2) is 7.62. The summed E-state index contributed by atoms with van der Waals surface area (Å²) in [6.07, 6.45) is 1.07. The molecule has 24 heavy (non-hydrogen) atoms. The number of aliphatic hydroxyl groups is 2. The highest BCUT2D eigenvalue weighted by Gasteiger charge is 2.48. The van der Waals surface area contributed by atoms with E-state index in [4.69, 9.17) is 0 Å². The SMILES string of the molecule is CC1CCC(C(C)C)[C@@](O)(C(=O)NCC(O)c2ccccc2F)C1. The second-order valence-corrected chi connectivity index (χ2v) is 7.41. The minimum Gasteiger partial charge on any atom is -0.386 e. The molecule has 5 heteroatoms. The third-order valence-corrected chi connectivity index (χ3v) is 5.16. The van der Waals surface area contributed by atoms with E-state index in [-0.39, 0.29) is 29.9 Å². The first-order valence-electron chi connectivity index (χ1n) is 8.69. The number of hydrogen-bond acceptors (Lipinski definition) is 3. The first-order valence-corrected chi connectivity index (χ1v) is 8.69. The minimum absolute atomic E-state index is 0.112. The molecule has 0 spiro atoms. The summed E-state index contributed by atoms with van der Waals surface area (Å²) in [7, 11) is 0. The third-order valence-electron chi connectivity index (χ3n) is 5.16. The van der Waals surface area contributed by atoms with E-state index in [1.165, 1.54) is 12.1 Å². The van der Waals surface area contributed by atoms with Gasteiger partial charge in [0.25, 0.3) is 5.91 Å². The Morgan fingerprint density at radius 2 is 2.04 bits per heavy atom. The smallest absolute Gasteiger partial charge is 0.252 e. The summed E-state index contributed by atoms with van der Waals surface area (Å²) < 4.78 is 13.7. The number of hydrogen-bond donors (Lipinski definition) is 3. The van der Waals surface area contributed by atoms with Crippen molar-refractivity contribution < 1.29 is 19.4 Å². The van der Waals surface area contributed by atoms with Gasteiger partial charge in [-0.2, -0.15) is 0 Å². The van der Waals surface area contributed by atoms with E-state index in [1.807, 2.05) is 20.8 Å². The zero-order valence-corrected chi connectivity index (χ0v) is 14.6. The molecule has 1 amide bonds. The largest absolute Gasteiger partial charge is 0.386 e. The van der Waals surface area contributed by atoms with Gasteiger partial charge < -0.3 is 15.5 Å². The van der Waals surface area contributed by atoms with Crippen LogP contribution in [0.5, 0.6) is 0 Å². The number of carbonyl (C=O) groups is 1. The van der Waals surface area contributed by atoms with Crippen LogP contribution < -0.4 is 5.32 Å². The van der Waals surface area contributed by atoms with Gasteiger partial charge in [0.2, 0.25) is 0 Å². The van der Waals surface area contributed by atoms with Crippen molar-refractivity contribution in [3.05, 3.63) is 35.6 Å². The molecular formula is C19H28FNO3. The molecule has 0 radical (unpaired) electrons. The molecule has 4 nitrogen and oxygen atoms in total. The van der Waals surface area contributed by atoms with E-state index in [1.54, 1.807) is 12.1 Å². The molecule has 0 aromatic heterocycles. The molecule has 0 saturated heterocycles. The summed E-state index contributed by atoms with van der Waals surface area (Å²) >= 11 is 0. The predicted octanol–water partition coefficient (Wildman–Crippen LogP) is 2.80. The van der Waals surface area contributed by atoms with Gasteiger partial charge in [-0.3, -0.25) is 4.79 Å². The van der Waals surface area contributed by atoms with Crippen LogP contribution in [0.2, 0.25) is 0 Å². The fourth-order valence-corrected chi connectivity index (χ4v) is 3.83. The lowest BCUT2D eigenvalue weighted by molar-refractivity contribution is -0.156. The average molecular weight is 337 g/mol. The number of aliphatic hydroxyl groups excluding tert-OH is 1. The van der Waals surface area contributed by atoms with Crippen molar-refractivity contribution in [2.24, 2.45) is 17.8 Å². The molecule has 134 valence electrons. The molecule has 1 fully saturated rings. The first kappa shape index (κ1) is 18.9. The van der Waals surface area contributed by atoms with Gasteiger partial charge in [-0.25, -0.2) is 4.39 Å². The monoisotopic (exact) mass is 337 g/mol. The summed E-state index contributed by atoms with van der Waals surface area (Å²) in [5, 5.41) is 23.8. The summed E-state index contributed by atoms with van der Waals surface area (Å²) in [6, 6.07) is 5.93. The molecular weight excluding hydrogens is 309 g/mol. The van der Waals surface area contributed by atoms with E-state index in [2.05, 4.69) is 5.32 Å². The third kappa shape index (κ3) is 3.95. The van der Waals surface area contributed by atoms with E-state index in [0.29, 0.717) is 6.42 Å². The van der Waals surface area contributed by atoms with Crippen LogP contribution >= 0.6 is 0 Å². The number of nitrogens with one attached hydrogen (secondary N) is 1. The zero-order chi connectivity index (χ0) is 17.9. The Kier molecular flexibility index (Phi) is 5.99. The van der Waals surface area contributed by atoms with Gasteiger partial charge in [0.05, 0.1) is 6.10 Å². The van der Waals surface area contributed by atoms with Crippen LogP contribution in [0.1, 0.15) is 51.7 Å². The Labute approximate surface area is 143 Å². The molecule has 1 saturated carbocycles. The van der Waals surface area contributed by atoms with Crippen LogP contribution in [0.25, 0.3) is 0 Å². The molecule has 1 aliphatic rings. The molecule has 1 aromatic carbocycles. The fraction of sp³-hybridized carbons (Fsp3) is 0.632. The van der Waals surface area contributed by atoms with Crippen LogP contribution in [-0.2, 0) is 4.79 Å². The molecule has 1 aromatic rings. The van der Waals surface area contributed by atoms with E-state index in [9.17, 15) is 19.4 Å². The maximum absolute atomic E-state index is 13.7. The van der Waals surface area contributed by atoms with Gasteiger partial charge in [0.1, 0.15) is 11.4 Å².